The SMILES string of the molecule is CC.CC#CC1CCC(=O)N1. The van der Waals surface area contributed by atoms with E-state index in [-0.39, 0.29) is 11.9 Å². The van der Waals surface area contributed by atoms with Gasteiger partial charge in [-0.05, 0) is 13.3 Å². The Morgan fingerprint density at radius 2 is 2.18 bits per heavy atom. The predicted molar refractivity (Wildman–Crippen MR) is 46.0 cm³/mol. The molecule has 1 fully saturated rings. The van der Waals surface area contributed by atoms with Crippen LogP contribution in [0.25, 0.3) is 0 Å². The predicted octanol–water partition coefficient (Wildman–Crippen LogP) is 1.31. The van der Waals surface area contributed by atoms with Crippen molar-refractivity contribution in [1.82, 2.24) is 5.32 Å². The maximum Gasteiger partial charge on any atom is 0.221 e. The van der Waals surface area contributed by atoms with Crippen molar-refractivity contribution in [2.75, 3.05) is 0 Å². The molecule has 1 unspecified atom stereocenters. The third-order valence-corrected chi connectivity index (χ3v) is 1.31. The van der Waals surface area contributed by atoms with Crippen molar-refractivity contribution >= 4 is 5.91 Å². The lowest BCUT2D eigenvalue weighted by Gasteiger charge is -1.96. The van der Waals surface area contributed by atoms with Gasteiger partial charge >= 0.3 is 0 Å². The molecule has 11 heavy (non-hydrogen) atoms. The van der Waals surface area contributed by atoms with Crippen molar-refractivity contribution < 1.29 is 4.79 Å². The molecule has 0 radical (unpaired) electrons. The minimum Gasteiger partial charge on any atom is -0.342 e. The van der Waals surface area contributed by atoms with E-state index in [9.17, 15) is 4.79 Å². The van der Waals surface area contributed by atoms with E-state index in [1.807, 2.05) is 13.8 Å². The third-order valence-electron chi connectivity index (χ3n) is 1.31. The average molecular weight is 153 g/mol. The molecule has 62 valence electrons. The topological polar surface area (TPSA) is 29.1 Å². The highest BCUT2D eigenvalue weighted by Gasteiger charge is 2.17. The lowest BCUT2D eigenvalue weighted by molar-refractivity contribution is -0.119. The standard InChI is InChI=1S/C7H9NO.C2H6/c1-2-3-6-4-5-7(9)8-6;1-2/h6H,4-5H2,1H3,(H,8,9);1-2H3. The Labute approximate surface area is 68.4 Å². The summed E-state index contributed by atoms with van der Waals surface area (Å²) in [7, 11) is 0. The highest BCUT2D eigenvalue weighted by atomic mass is 16.1. The number of nitrogens with one attached hydrogen (secondary N) is 1. The smallest absolute Gasteiger partial charge is 0.221 e. The van der Waals surface area contributed by atoms with E-state index in [2.05, 4.69) is 17.2 Å². The van der Waals surface area contributed by atoms with Crippen LogP contribution in [0.3, 0.4) is 0 Å². The highest BCUT2D eigenvalue weighted by Crippen LogP contribution is 2.04. The summed E-state index contributed by atoms with van der Waals surface area (Å²) in [4.78, 5) is 10.5. The van der Waals surface area contributed by atoms with Crippen LogP contribution in [0.15, 0.2) is 0 Å². The number of hydrogen-bond donors (Lipinski definition) is 1. The molecule has 1 saturated heterocycles. The van der Waals surface area contributed by atoms with Crippen LogP contribution in [0.1, 0.15) is 33.6 Å². The van der Waals surface area contributed by atoms with E-state index >= 15 is 0 Å². The molecule has 2 nitrogen and oxygen atoms in total. The molecule has 1 amide bonds. The molecule has 0 saturated carbocycles. The molecule has 0 bridgehead atoms. The molecule has 2 heteroatoms. The van der Waals surface area contributed by atoms with E-state index in [4.69, 9.17) is 0 Å². The van der Waals surface area contributed by atoms with Crippen molar-refractivity contribution in [2.45, 2.75) is 39.7 Å². The van der Waals surface area contributed by atoms with Crippen LogP contribution in [0.4, 0.5) is 0 Å². The highest BCUT2D eigenvalue weighted by molar-refractivity contribution is 5.79. The van der Waals surface area contributed by atoms with Crippen molar-refractivity contribution in [1.29, 1.82) is 0 Å². The molecule has 0 aromatic rings. The van der Waals surface area contributed by atoms with Gasteiger partial charge in [-0.15, -0.1) is 5.92 Å². The summed E-state index contributed by atoms with van der Waals surface area (Å²) in [6.45, 7) is 5.78. The van der Waals surface area contributed by atoms with Gasteiger partial charge in [0.05, 0.1) is 6.04 Å². The van der Waals surface area contributed by atoms with Crippen LogP contribution in [-0.2, 0) is 4.79 Å². The summed E-state index contributed by atoms with van der Waals surface area (Å²) < 4.78 is 0. The summed E-state index contributed by atoms with van der Waals surface area (Å²) in [5, 5.41) is 2.74. The molecular weight excluding hydrogens is 138 g/mol. The first-order valence-electron chi connectivity index (χ1n) is 4.04. The fourth-order valence-corrected chi connectivity index (χ4v) is 0.897. The van der Waals surface area contributed by atoms with Gasteiger partial charge in [0.15, 0.2) is 0 Å². The summed E-state index contributed by atoms with van der Waals surface area (Å²) in [5.41, 5.74) is 0. The summed E-state index contributed by atoms with van der Waals surface area (Å²) >= 11 is 0. The summed E-state index contributed by atoms with van der Waals surface area (Å²) in [6.07, 6.45) is 1.51. The molecule has 0 aliphatic carbocycles. The van der Waals surface area contributed by atoms with Crippen LogP contribution in [-0.4, -0.2) is 11.9 Å². The van der Waals surface area contributed by atoms with Crippen LogP contribution < -0.4 is 5.32 Å². The van der Waals surface area contributed by atoms with Crippen LogP contribution in [0.2, 0.25) is 0 Å². The first-order chi connectivity index (χ1) is 5.33. The quantitative estimate of drug-likeness (QED) is 0.522. The Bertz CT molecular complexity index is 176. The van der Waals surface area contributed by atoms with Crippen molar-refractivity contribution in [2.24, 2.45) is 0 Å². The number of hydrogen-bond acceptors (Lipinski definition) is 1. The second-order valence-electron chi connectivity index (χ2n) is 2.05. The van der Waals surface area contributed by atoms with Gasteiger partial charge in [-0.1, -0.05) is 19.8 Å². The fraction of sp³-hybridized carbons (Fsp3) is 0.667. The van der Waals surface area contributed by atoms with E-state index < -0.39 is 0 Å². The van der Waals surface area contributed by atoms with Gasteiger partial charge in [0.25, 0.3) is 0 Å². The molecule has 1 aliphatic heterocycles. The van der Waals surface area contributed by atoms with Crippen LogP contribution >= 0.6 is 0 Å². The van der Waals surface area contributed by atoms with E-state index in [1.165, 1.54) is 0 Å². The third kappa shape index (κ3) is 3.67. The van der Waals surface area contributed by atoms with Crippen molar-refractivity contribution in [3.05, 3.63) is 0 Å². The second-order valence-corrected chi connectivity index (χ2v) is 2.05. The van der Waals surface area contributed by atoms with Gasteiger partial charge in [0, 0.05) is 6.42 Å². The van der Waals surface area contributed by atoms with E-state index in [1.54, 1.807) is 6.92 Å². The van der Waals surface area contributed by atoms with Crippen molar-refractivity contribution in [3.63, 3.8) is 0 Å². The Kier molecular flexibility index (Phi) is 5.28. The first kappa shape index (κ1) is 10.0. The number of carbonyl (C=O) groups excluding carboxylic acids is 1. The van der Waals surface area contributed by atoms with Crippen LogP contribution in [0, 0.1) is 11.8 Å². The Hall–Kier alpha value is -0.970. The maximum atomic E-state index is 10.5. The normalized spacial score (nSPS) is 20.6. The lowest BCUT2D eigenvalue weighted by Crippen LogP contribution is -2.23. The first-order valence-corrected chi connectivity index (χ1v) is 4.04. The number of rotatable bonds is 0. The molecule has 1 atom stereocenters. The minimum absolute atomic E-state index is 0.127. The number of amides is 1. The maximum absolute atomic E-state index is 10.5. The average Bonchev–Trinajstić information content (AvgIpc) is 2.41. The Morgan fingerprint density at radius 3 is 2.55 bits per heavy atom. The van der Waals surface area contributed by atoms with Crippen molar-refractivity contribution in [3.8, 4) is 11.8 Å². The minimum atomic E-state index is 0.127. The molecule has 1 N–H and O–H groups in total. The zero-order valence-corrected chi connectivity index (χ0v) is 7.40. The van der Waals surface area contributed by atoms with Gasteiger partial charge in [-0.25, -0.2) is 0 Å². The largest absolute Gasteiger partial charge is 0.342 e. The summed E-state index contributed by atoms with van der Waals surface area (Å²) in [5.74, 6) is 5.79. The lowest BCUT2D eigenvalue weighted by atomic mass is 10.2. The summed E-state index contributed by atoms with van der Waals surface area (Å²) in [6, 6.07) is 0.127. The van der Waals surface area contributed by atoms with Gasteiger partial charge in [0.2, 0.25) is 5.91 Å². The Balaban J connectivity index is 0.000000461. The molecule has 0 spiro atoms. The molecule has 1 heterocycles. The molecule has 0 aromatic carbocycles. The molecule has 1 rings (SSSR count). The Morgan fingerprint density at radius 1 is 1.55 bits per heavy atom. The van der Waals surface area contributed by atoms with Gasteiger partial charge in [-0.2, -0.15) is 0 Å². The zero-order chi connectivity index (χ0) is 8.69. The monoisotopic (exact) mass is 153 g/mol. The van der Waals surface area contributed by atoms with Crippen LogP contribution in [0.5, 0.6) is 0 Å². The van der Waals surface area contributed by atoms with Gasteiger partial charge < -0.3 is 5.32 Å². The van der Waals surface area contributed by atoms with E-state index in [0.29, 0.717) is 6.42 Å². The number of carbonyl (C=O) groups is 1. The second kappa shape index (κ2) is 5.79. The fourth-order valence-electron chi connectivity index (χ4n) is 0.897. The van der Waals surface area contributed by atoms with Gasteiger partial charge in [0.1, 0.15) is 0 Å². The zero-order valence-electron chi connectivity index (χ0n) is 7.40. The molecule has 1 aliphatic rings. The van der Waals surface area contributed by atoms with E-state index in [0.717, 1.165) is 6.42 Å². The van der Waals surface area contributed by atoms with Gasteiger partial charge in [-0.3, -0.25) is 4.79 Å². The molecule has 0 aromatic heterocycles. The molecular formula is C9H15NO.